The standard InChI is InChI=1S/C14H15Cl2N3O/c1-9(17)5-10-6-11(15)7-12(16)14(10)20-8-13-18-3-2-4-19-13/h2-4,6-7,9H,5,8,17H2,1H3. The van der Waals surface area contributed by atoms with E-state index in [0.29, 0.717) is 28.0 Å². The Morgan fingerprint density at radius 1 is 1.25 bits per heavy atom. The van der Waals surface area contributed by atoms with E-state index in [1.807, 2.05) is 13.0 Å². The molecule has 106 valence electrons. The number of nitrogens with zero attached hydrogens (tertiary/aromatic N) is 2. The smallest absolute Gasteiger partial charge is 0.166 e. The Labute approximate surface area is 127 Å². The van der Waals surface area contributed by atoms with Gasteiger partial charge in [0.15, 0.2) is 5.82 Å². The first kappa shape index (κ1) is 15.0. The predicted molar refractivity (Wildman–Crippen MR) is 80.2 cm³/mol. The summed E-state index contributed by atoms with van der Waals surface area (Å²) in [6.07, 6.45) is 3.96. The van der Waals surface area contributed by atoms with Crippen LogP contribution in [-0.4, -0.2) is 16.0 Å². The fourth-order valence-electron chi connectivity index (χ4n) is 1.82. The summed E-state index contributed by atoms with van der Waals surface area (Å²) in [6, 6.07) is 5.20. The third-order valence-corrected chi connectivity index (χ3v) is 3.09. The minimum absolute atomic E-state index is 0.0140. The molecule has 0 saturated heterocycles. The van der Waals surface area contributed by atoms with Crippen molar-refractivity contribution in [3.63, 3.8) is 0 Å². The summed E-state index contributed by atoms with van der Waals surface area (Å²) in [5, 5.41) is 1.03. The van der Waals surface area contributed by atoms with Crippen molar-refractivity contribution in [2.45, 2.75) is 26.0 Å². The van der Waals surface area contributed by atoms with Crippen molar-refractivity contribution >= 4 is 23.2 Å². The van der Waals surface area contributed by atoms with Gasteiger partial charge in [-0.05, 0) is 37.1 Å². The Bertz CT molecular complexity index is 576. The molecule has 0 aliphatic rings. The number of ether oxygens (including phenoxy) is 1. The van der Waals surface area contributed by atoms with Crippen molar-refractivity contribution in [2.24, 2.45) is 5.73 Å². The zero-order valence-corrected chi connectivity index (χ0v) is 12.5. The molecule has 1 atom stereocenters. The maximum absolute atomic E-state index is 6.19. The van der Waals surface area contributed by atoms with Crippen LogP contribution >= 0.6 is 23.2 Å². The lowest BCUT2D eigenvalue weighted by Gasteiger charge is -2.14. The van der Waals surface area contributed by atoms with E-state index >= 15 is 0 Å². The van der Waals surface area contributed by atoms with Crippen LogP contribution in [0.4, 0.5) is 0 Å². The van der Waals surface area contributed by atoms with Gasteiger partial charge in [-0.25, -0.2) is 9.97 Å². The number of benzene rings is 1. The highest BCUT2D eigenvalue weighted by Crippen LogP contribution is 2.33. The van der Waals surface area contributed by atoms with Gasteiger partial charge < -0.3 is 10.5 Å². The Kier molecular flexibility index (Phi) is 5.17. The van der Waals surface area contributed by atoms with Gasteiger partial charge in [-0.15, -0.1) is 0 Å². The molecule has 0 bridgehead atoms. The average molecular weight is 312 g/mol. The first-order valence-electron chi connectivity index (χ1n) is 6.18. The van der Waals surface area contributed by atoms with Crippen molar-refractivity contribution in [3.8, 4) is 5.75 Å². The molecule has 6 heteroatoms. The Hall–Kier alpha value is -1.36. The second-order valence-corrected chi connectivity index (χ2v) is 5.35. The lowest BCUT2D eigenvalue weighted by molar-refractivity contribution is 0.292. The molecule has 20 heavy (non-hydrogen) atoms. The van der Waals surface area contributed by atoms with Crippen LogP contribution in [0.5, 0.6) is 5.75 Å². The SMILES string of the molecule is CC(N)Cc1cc(Cl)cc(Cl)c1OCc1ncccn1. The van der Waals surface area contributed by atoms with Crippen LogP contribution in [0.3, 0.4) is 0 Å². The molecule has 2 N–H and O–H groups in total. The minimum Gasteiger partial charge on any atom is -0.484 e. The average Bonchev–Trinajstić information content (AvgIpc) is 2.38. The van der Waals surface area contributed by atoms with Gasteiger partial charge in [-0.1, -0.05) is 23.2 Å². The van der Waals surface area contributed by atoms with E-state index in [9.17, 15) is 0 Å². The summed E-state index contributed by atoms with van der Waals surface area (Å²) in [5.41, 5.74) is 6.72. The number of hydrogen-bond donors (Lipinski definition) is 1. The first-order chi connectivity index (χ1) is 9.56. The van der Waals surface area contributed by atoms with Crippen molar-refractivity contribution in [1.29, 1.82) is 0 Å². The highest BCUT2D eigenvalue weighted by Gasteiger charge is 2.13. The molecule has 2 rings (SSSR count). The summed E-state index contributed by atoms with van der Waals surface area (Å²) >= 11 is 12.2. The van der Waals surface area contributed by atoms with Crippen LogP contribution in [0.1, 0.15) is 18.3 Å². The highest BCUT2D eigenvalue weighted by molar-refractivity contribution is 6.35. The second-order valence-electron chi connectivity index (χ2n) is 4.51. The number of rotatable bonds is 5. The van der Waals surface area contributed by atoms with Gasteiger partial charge in [-0.3, -0.25) is 0 Å². The van der Waals surface area contributed by atoms with Crippen LogP contribution in [0.2, 0.25) is 10.0 Å². The van der Waals surface area contributed by atoms with Crippen molar-refractivity contribution in [3.05, 3.63) is 52.0 Å². The largest absolute Gasteiger partial charge is 0.484 e. The predicted octanol–water partition coefficient (Wildman–Crippen LogP) is 3.25. The lowest BCUT2D eigenvalue weighted by Crippen LogP contribution is -2.18. The molecule has 0 saturated carbocycles. The maximum atomic E-state index is 6.19. The summed E-state index contributed by atoms with van der Waals surface area (Å²) in [7, 11) is 0. The normalized spacial score (nSPS) is 12.2. The van der Waals surface area contributed by atoms with Gasteiger partial charge >= 0.3 is 0 Å². The molecule has 1 aromatic carbocycles. The van der Waals surface area contributed by atoms with Gasteiger partial charge in [0.05, 0.1) is 5.02 Å². The molecule has 0 radical (unpaired) electrons. The topological polar surface area (TPSA) is 61.0 Å². The van der Waals surface area contributed by atoms with Crippen molar-refractivity contribution < 1.29 is 4.74 Å². The van der Waals surface area contributed by atoms with E-state index in [0.717, 1.165) is 5.56 Å². The van der Waals surface area contributed by atoms with Crippen LogP contribution in [0.25, 0.3) is 0 Å². The van der Waals surface area contributed by atoms with Crippen LogP contribution in [0, 0.1) is 0 Å². The Morgan fingerprint density at radius 2 is 1.95 bits per heavy atom. The van der Waals surface area contributed by atoms with E-state index in [1.54, 1.807) is 24.5 Å². The monoisotopic (exact) mass is 311 g/mol. The summed E-state index contributed by atoms with van der Waals surface area (Å²) in [4.78, 5) is 8.20. The lowest BCUT2D eigenvalue weighted by atomic mass is 10.1. The number of nitrogens with two attached hydrogens (primary N) is 1. The molecule has 0 aliphatic heterocycles. The molecular formula is C14H15Cl2N3O. The third-order valence-electron chi connectivity index (χ3n) is 2.59. The molecule has 1 unspecified atom stereocenters. The molecule has 2 aromatic rings. The van der Waals surface area contributed by atoms with Crippen LogP contribution in [0.15, 0.2) is 30.6 Å². The number of hydrogen-bond acceptors (Lipinski definition) is 4. The van der Waals surface area contributed by atoms with E-state index in [-0.39, 0.29) is 12.6 Å². The van der Waals surface area contributed by atoms with Crippen LogP contribution in [-0.2, 0) is 13.0 Å². The van der Waals surface area contributed by atoms with Gasteiger partial charge in [0.1, 0.15) is 12.4 Å². The van der Waals surface area contributed by atoms with E-state index in [1.165, 1.54) is 0 Å². The van der Waals surface area contributed by atoms with Gasteiger partial charge in [-0.2, -0.15) is 0 Å². The summed E-state index contributed by atoms with van der Waals surface area (Å²) < 4.78 is 5.74. The zero-order chi connectivity index (χ0) is 14.5. The van der Waals surface area contributed by atoms with E-state index in [2.05, 4.69) is 9.97 Å². The second kappa shape index (κ2) is 6.88. The summed E-state index contributed by atoms with van der Waals surface area (Å²) in [6.45, 7) is 2.16. The minimum atomic E-state index is -0.0140. The first-order valence-corrected chi connectivity index (χ1v) is 6.94. The van der Waals surface area contributed by atoms with E-state index in [4.69, 9.17) is 33.7 Å². The highest BCUT2D eigenvalue weighted by atomic mass is 35.5. The molecule has 1 aromatic heterocycles. The Balaban J connectivity index is 2.21. The molecular weight excluding hydrogens is 297 g/mol. The molecule has 4 nitrogen and oxygen atoms in total. The quantitative estimate of drug-likeness (QED) is 0.920. The molecule has 1 heterocycles. The van der Waals surface area contributed by atoms with Gasteiger partial charge in [0.2, 0.25) is 0 Å². The van der Waals surface area contributed by atoms with Crippen LogP contribution < -0.4 is 10.5 Å². The number of halogens is 2. The third kappa shape index (κ3) is 4.07. The maximum Gasteiger partial charge on any atom is 0.166 e. The molecule has 0 fully saturated rings. The molecule has 0 aliphatic carbocycles. The summed E-state index contributed by atoms with van der Waals surface area (Å²) in [5.74, 6) is 1.17. The van der Waals surface area contributed by atoms with Gasteiger partial charge in [0.25, 0.3) is 0 Å². The fourth-order valence-corrected chi connectivity index (χ4v) is 2.41. The number of aromatic nitrogens is 2. The fraction of sp³-hybridized carbons (Fsp3) is 0.286. The van der Waals surface area contributed by atoms with Gasteiger partial charge in [0, 0.05) is 23.5 Å². The Morgan fingerprint density at radius 3 is 2.60 bits per heavy atom. The zero-order valence-electron chi connectivity index (χ0n) is 11.0. The molecule has 0 amide bonds. The van der Waals surface area contributed by atoms with Crippen molar-refractivity contribution in [2.75, 3.05) is 0 Å². The molecule has 0 spiro atoms. The van der Waals surface area contributed by atoms with E-state index < -0.39 is 0 Å². The van der Waals surface area contributed by atoms with Crippen molar-refractivity contribution in [1.82, 2.24) is 9.97 Å².